The van der Waals surface area contributed by atoms with Gasteiger partial charge in [-0.05, 0) is 56.4 Å². The lowest BCUT2D eigenvalue weighted by molar-refractivity contribution is -0.143. The molecule has 11 nitrogen and oxygen atoms in total. The summed E-state index contributed by atoms with van der Waals surface area (Å²) in [5.74, 6) is -4.21. The predicted octanol–water partition coefficient (Wildman–Crippen LogP) is 3.73. The number of hydrogen-bond acceptors (Lipinski definition) is 10. The van der Waals surface area contributed by atoms with E-state index in [4.69, 9.17) is 37.7 Å². The van der Waals surface area contributed by atoms with Crippen molar-refractivity contribution in [2.75, 3.05) is 92.5 Å². The summed E-state index contributed by atoms with van der Waals surface area (Å²) in [6.07, 6.45) is 0.862. The van der Waals surface area contributed by atoms with Crippen LogP contribution in [-0.4, -0.2) is 140 Å². The van der Waals surface area contributed by atoms with Gasteiger partial charge in [-0.1, -0.05) is 47.5 Å². The number of methoxy groups -OCH3 is 2. The third kappa shape index (κ3) is 9.20. The molecule has 2 fully saturated rings. The number of halogens is 2. The van der Waals surface area contributed by atoms with Crippen LogP contribution >= 0.6 is 23.2 Å². The Morgan fingerprint density at radius 3 is 2.02 bits per heavy atom. The van der Waals surface area contributed by atoms with Gasteiger partial charge in [-0.2, -0.15) is 0 Å². The van der Waals surface area contributed by atoms with Gasteiger partial charge in [0.1, 0.15) is 5.92 Å². The molecule has 270 valence electrons. The van der Waals surface area contributed by atoms with Gasteiger partial charge in [-0.25, -0.2) is 4.79 Å². The summed E-state index contributed by atoms with van der Waals surface area (Å²) >= 11 is 13.4. The third-order valence-electron chi connectivity index (χ3n) is 9.64. The predicted molar refractivity (Wildman–Crippen MR) is 195 cm³/mol. The average Bonchev–Trinajstić information content (AvgIpc) is 3.12. The number of benzene rings is 2. The minimum absolute atomic E-state index is 0.0106. The average molecular weight is 747 g/mol. The van der Waals surface area contributed by atoms with Crippen molar-refractivity contribution in [1.82, 2.24) is 19.6 Å². The molecule has 0 bridgehead atoms. The van der Waals surface area contributed by atoms with Crippen molar-refractivity contribution in [1.29, 1.82) is 0 Å². The quantitative estimate of drug-likeness (QED) is 0.300. The van der Waals surface area contributed by atoms with Crippen LogP contribution in [0, 0.1) is 5.92 Å². The van der Waals surface area contributed by atoms with Gasteiger partial charge in [0.05, 0.1) is 48.5 Å². The normalized spacial score (nSPS) is 21.5. The van der Waals surface area contributed by atoms with Gasteiger partial charge in [-0.3, -0.25) is 23.7 Å². The molecule has 0 N–H and O–H groups in total. The highest BCUT2D eigenvalue weighted by atomic mass is 35.5. The third-order valence-corrected chi connectivity index (χ3v) is 11.6. The minimum atomic E-state index is -1.63. The van der Waals surface area contributed by atoms with E-state index >= 15 is 0 Å². The molecule has 0 saturated carbocycles. The number of piperazine rings is 2. The second-order valence-electron chi connectivity index (χ2n) is 12.8. The number of amides is 1. The maximum absolute atomic E-state index is 13.9. The summed E-state index contributed by atoms with van der Waals surface area (Å²) in [6, 6.07) is 13.7. The van der Waals surface area contributed by atoms with E-state index in [0.29, 0.717) is 23.5 Å². The van der Waals surface area contributed by atoms with Crippen molar-refractivity contribution in [2.24, 2.45) is 10.9 Å². The fourth-order valence-electron chi connectivity index (χ4n) is 6.83. The summed E-state index contributed by atoms with van der Waals surface area (Å²) in [5.41, 5.74) is 0.599. The van der Waals surface area contributed by atoms with Crippen LogP contribution in [0.15, 0.2) is 69.7 Å². The molecule has 2 unspecified atom stereocenters. The van der Waals surface area contributed by atoms with Crippen molar-refractivity contribution in [3.05, 3.63) is 75.4 Å². The smallest absolute Gasteiger partial charge is 0.336 e. The van der Waals surface area contributed by atoms with E-state index in [1.54, 1.807) is 47.4 Å². The van der Waals surface area contributed by atoms with Gasteiger partial charge in [0.2, 0.25) is 5.91 Å². The van der Waals surface area contributed by atoms with E-state index in [1.165, 1.54) is 14.2 Å². The van der Waals surface area contributed by atoms with Crippen LogP contribution in [0.2, 0.25) is 10.0 Å². The highest BCUT2D eigenvalue weighted by Gasteiger charge is 2.46. The monoisotopic (exact) mass is 745 g/mol. The maximum Gasteiger partial charge on any atom is 0.336 e. The van der Waals surface area contributed by atoms with Crippen LogP contribution in [0.4, 0.5) is 0 Å². The zero-order chi connectivity index (χ0) is 35.8. The summed E-state index contributed by atoms with van der Waals surface area (Å²) in [5, 5.41) is 0.412. The second-order valence-corrected chi connectivity index (χ2v) is 15.0. The van der Waals surface area contributed by atoms with E-state index < -0.39 is 34.6 Å². The first-order valence-electron chi connectivity index (χ1n) is 16.9. The molecule has 50 heavy (non-hydrogen) atoms. The summed E-state index contributed by atoms with van der Waals surface area (Å²) in [6.45, 7) is 8.99. The molecule has 3 heterocycles. The molecular weight excluding hydrogens is 701 g/mol. The molecule has 0 aromatic heterocycles. The Bertz CT molecular complexity index is 1600. The molecule has 14 heteroatoms. The number of hydrogen-bond donors (Lipinski definition) is 0. The first-order valence-corrected chi connectivity index (χ1v) is 18.9. The molecule has 3 atom stereocenters. The van der Waals surface area contributed by atoms with Crippen LogP contribution in [0.1, 0.15) is 24.3 Å². The highest BCUT2D eigenvalue weighted by molar-refractivity contribution is 7.85. The van der Waals surface area contributed by atoms with E-state index in [0.717, 1.165) is 58.8 Å². The molecular formula is C36H45Cl2N5O6S. The van der Waals surface area contributed by atoms with Gasteiger partial charge in [0.25, 0.3) is 0 Å². The lowest BCUT2D eigenvalue weighted by Gasteiger charge is -2.37. The van der Waals surface area contributed by atoms with E-state index in [-0.39, 0.29) is 45.1 Å². The van der Waals surface area contributed by atoms with Crippen LogP contribution in [0.3, 0.4) is 0 Å². The Hall–Kier alpha value is -3.13. The van der Waals surface area contributed by atoms with Crippen LogP contribution < -0.4 is 0 Å². The largest absolute Gasteiger partial charge is 0.468 e. The lowest BCUT2D eigenvalue weighted by Crippen LogP contribution is -2.50. The number of likely N-dealkylation sites (N-methyl/N-ethyl adjacent to an activating group) is 1. The molecule has 0 spiro atoms. The van der Waals surface area contributed by atoms with Crippen molar-refractivity contribution in [2.45, 2.75) is 23.7 Å². The van der Waals surface area contributed by atoms with E-state index in [2.05, 4.69) is 21.7 Å². The van der Waals surface area contributed by atoms with Crippen molar-refractivity contribution in [3.8, 4) is 0 Å². The molecule has 2 aromatic carbocycles. The summed E-state index contributed by atoms with van der Waals surface area (Å²) < 4.78 is 24.1. The standard InChI is InChI=1S/C36H45Cl2N5O6S/c1-40-15-17-41(18-16-40)13-8-14-42-19-21-43(22-20-42)30(44)23-28-32(35(45)48-2)34(31-26(37)11-7-12-27(31)38)33(36(46)49-3)29(39-28)24-50(47)25-9-5-4-6-10-25/h4-7,9-12,32,34H,8,13-24H2,1-3H3/t32?,34-,50?/m0/s1. The number of carbonyl (C=O) groups is 3. The maximum atomic E-state index is 13.9. The van der Waals surface area contributed by atoms with Gasteiger partial charge < -0.3 is 24.2 Å². The number of aliphatic imine (C=N–C) groups is 1. The number of esters is 2. The molecule has 5 rings (SSSR count). The molecule has 2 saturated heterocycles. The van der Waals surface area contributed by atoms with Crippen LogP contribution in [0.5, 0.6) is 0 Å². The Morgan fingerprint density at radius 2 is 1.44 bits per heavy atom. The molecule has 0 aliphatic carbocycles. The van der Waals surface area contributed by atoms with Crippen molar-refractivity contribution in [3.63, 3.8) is 0 Å². The number of carbonyl (C=O) groups excluding carboxylic acids is 3. The fraction of sp³-hybridized carbons (Fsp3) is 0.500. The van der Waals surface area contributed by atoms with E-state index in [9.17, 15) is 18.6 Å². The summed E-state index contributed by atoms with van der Waals surface area (Å²) in [4.78, 5) is 55.5. The Labute approximate surface area is 306 Å². The van der Waals surface area contributed by atoms with Crippen LogP contribution in [-0.2, 0) is 34.7 Å². The Kier molecular flexibility index (Phi) is 13.6. The SMILES string of the molecule is COC(=O)C1=C(CS(=O)c2ccccc2)N=C(CC(=O)N2CCN(CCCN3CCN(C)CC3)CC2)C(C(=O)OC)[C@@H]1c1c(Cl)cccc1Cl. The lowest BCUT2D eigenvalue weighted by atomic mass is 9.74. The topological polar surface area (TPSA) is 112 Å². The molecule has 3 aliphatic rings. The van der Waals surface area contributed by atoms with Gasteiger partial charge in [0.15, 0.2) is 0 Å². The van der Waals surface area contributed by atoms with Gasteiger partial charge in [0, 0.05) is 78.9 Å². The second kappa shape index (κ2) is 17.9. The first kappa shape index (κ1) is 38.1. The molecule has 2 aromatic rings. The van der Waals surface area contributed by atoms with Crippen LogP contribution in [0.25, 0.3) is 0 Å². The fourth-order valence-corrected chi connectivity index (χ4v) is 8.56. The highest BCUT2D eigenvalue weighted by Crippen LogP contribution is 2.46. The number of nitrogens with zero attached hydrogens (tertiary/aromatic N) is 5. The number of ether oxygens (including phenoxy) is 2. The zero-order valence-electron chi connectivity index (χ0n) is 28.8. The van der Waals surface area contributed by atoms with Crippen molar-refractivity contribution < 1.29 is 28.1 Å². The molecule has 1 amide bonds. The van der Waals surface area contributed by atoms with E-state index in [1.807, 2.05) is 6.07 Å². The molecule has 3 aliphatic heterocycles. The first-order chi connectivity index (χ1) is 24.1. The van der Waals surface area contributed by atoms with Gasteiger partial charge >= 0.3 is 11.9 Å². The number of rotatable bonds is 12. The van der Waals surface area contributed by atoms with Gasteiger partial charge in [-0.15, -0.1) is 0 Å². The molecule has 0 radical (unpaired) electrons. The Morgan fingerprint density at radius 1 is 0.840 bits per heavy atom. The minimum Gasteiger partial charge on any atom is -0.468 e. The zero-order valence-corrected chi connectivity index (χ0v) is 31.1. The van der Waals surface area contributed by atoms with Crippen molar-refractivity contribution >= 4 is 57.6 Å². The summed E-state index contributed by atoms with van der Waals surface area (Å²) in [7, 11) is 2.98. The Balaban J connectivity index is 1.40.